The molecule has 3 rings (SSSR count). The van der Waals surface area contributed by atoms with Crippen molar-refractivity contribution in [3.63, 3.8) is 0 Å². The van der Waals surface area contributed by atoms with Crippen LogP contribution in [0.2, 0.25) is 0 Å². The molecule has 2 aliphatic rings. The van der Waals surface area contributed by atoms with E-state index in [2.05, 4.69) is 24.3 Å². The summed E-state index contributed by atoms with van der Waals surface area (Å²) in [6, 6.07) is 8.46. The average Bonchev–Trinajstić information content (AvgIpc) is 2.98. The summed E-state index contributed by atoms with van der Waals surface area (Å²) in [5, 5.41) is 0. The molecular weight excluding hydrogens is 336 g/mol. The molecule has 6 heteroatoms. The van der Waals surface area contributed by atoms with Crippen LogP contribution in [0.25, 0.3) is 0 Å². The van der Waals surface area contributed by atoms with Crippen molar-refractivity contribution >= 4 is 15.9 Å². The first-order chi connectivity index (χ1) is 11.9. The second-order valence-electron chi connectivity index (χ2n) is 7.22. The molecule has 1 aliphatic carbocycles. The summed E-state index contributed by atoms with van der Waals surface area (Å²) in [6.45, 7) is 3.68. The Morgan fingerprint density at radius 2 is 1.88 bits per heavy atom. The lowest BCUT2D eigenvalue weighted by Crippen LogP contribution is -2.48. The molecule has 1 amide bonds. The average molecular weight is 365 g/mol. The summed E-state index contributed by atoms with van der Waals surface area (Å²) in [6.07, 6.45) is 5.42. The fourth-order valence-corrected chi connectivity index (χ4v) is 5.59. The number of hydrogen-bond acceptors (Lipinski definition) is 3. The number of likely N-dealkylation sites (tertiary alicyclic amines) is 1. The van der Waals surface area contributed by atoms with Gasteiger partial charge >= 0.3 is 0 Å². The first kappa shape index (κ1) is 18.4. The van der Waals surface area contributed by atoms with Gasteiger partial charge in [0.15, 0.2) is 0 Å². The highest BCUT2D eigenvalue weighted by molar-refractivity contribution is 7.88. The largest absolute Gasteiger partial charge is 0.343 e. The molecule has 138 valence electrons. The van der Waals surface area contributed by atoms with Crippen molar-refractivity contribution in [2.75, 3.05) is 25.9 Å². The van der Waals surface area contributed by atoms with Crippen LogP contribution < -0.4 is 0 Å². The monoisotopic (exact) mass is 364 g/mol. The van der Waals surface area contributed by atoms with Crippen molar-refractivity contribution < 1.29 is 13.2 Å². The molecule has 0 N–H and O–H groups in total. The summed E-state index contributed by atoms with van der Waals surface area (Å²) in [7, 11) is -3.17. The highest BCUT2D eigenvalue weighted by Crippen LogP contribution is 2.35. The van der Waals surface area contributed by atoms with Crippen LogP contribution in [-0.2, 0) is 21.2 Å². The lowest BCUT2D eigenvalue weighted by atomic mass is 9.96. The van der Waals surface area contributed by atoms with E-state index >= 15 is 0 Å². The van der Waals surface area contributed by atoms with Gasteiger partial charge in [-0.3, -0.25) is 4.79 Å². The van der Waals surface area contributed by atoms with E-state index in [4.69, 9.17) is 0 Å². The van der Waals surface area contributed by atoms with E-state index in [0.29, 0.717) is 32.0 Å². The molecule has 0 aromatic heterocycles. The molecule has 1 aliphatic heterocycles. The summed E-state index contributed by atoms with van der Waals surface area (Å²) < 4.78 is 25.3. The van der Waals surface area contributed by atoms with Crippen molar-refractivity contribution in [2.24, 2.45) is 0 Å². The van der Waals surface area contributed by atoms with Crippen LogP contribution in [0.1, 0.15) is 49.7 Å². The molecule has 1 aromatic carbocycles. The molecule has 0 bridgehead atoms. The Balaban J connectivity index is 1.56. The third-order valence-corrected chi connectivity index (χ3v) is 7.05. The fourth-order valence-electron chi connectivity index (χ4n) is 4.36. The molecule has 25 heavy (non-hydrogen) atoms. The van der Waals surface area contributed by atoms with E-state index in [9.17, 15) is 13.2 Å². The van der Waals surface area contributed by atoms with E-state index in [0.717, 1.165) is 25.7 Å². The minimum Gasteiger partial charge on any atom is -0.343 e. The molecule has 0 spiro atoms. The zero-order valence-electron chi connectivity index (χ0n) is 15.1. The summed E-state index contributed by atoms with van der Waals surface area (Å²) >= 11 is 0. The Hall–Kier alpha value is -1.40. The van der Waals surface area contributed by atoms with Gasteiger partial charge < -0.3 is 4.90 Å². The first-order valence-electron chi connectivity index (χ1n) is 9.22. The summed E-state index contributed by atoms with van der Waals surface area (Å²) in [5.74, 6) is 0.548. The van der Waals surface area contributed by atoms with Crippen LogP contribution in [0.4, 0.5) is 0 Å². The molecule has 0 radical (unpaired) electrons. The van der Waals surface area contributed by atoms with E-state index in [1.165, 1.54) is 17.4 Å². The molecular formula is C19H28N2O3S. The topological polar surface area (TPSA) is 57.7 Å². The van der Waals surface area contributed by atoms with Gasteiger partial charge in [0.2, 0.25) is 15.9 Å². The molecule has 1 fully saturated rings. The standard InChI is InChI=1S/C19H28N2O3S/c1-3-21(25(2,23)24)17-10-12-20(13-11-17)19(22)14-16-9-8-15-6-4-5-7-18(15)16/h4-7,16-17H,3,8-14H2,1-2H3. The van der Waals surface area contributed by atoms with E-state index < -0.39 is 10.0 Å². The summed E-state index contributed by atoms with van der Waals surface area (Å²) in [5.41, 5.74) is 2.71. The van der Waals surface area contributed by atoms with Gasteiger partial charge in [0.05, 0.1) is 6.26 Å². The zero-order chi connectivity index (χ0) is 18.0. The maximum atomic E-state index is 12.7. The highest BCUT2D eigenvalue weighted by Gasteiger charge is 2.32. The number of rotatable bonds is 5. The number of carbonyl (C=O) groups excluding carboxylic acids is 1. The fraction of sp³-hybridized carbons (Fsp3) is 0.632. The maximum absolute atomic E-state index is 12.7. The SMILES string of the molecule is CCN(C1CCN(C(=O)CC2CCc3ccccc32)CC1)S(C)(=O)=O. The lowest BCUT2D eigenvalue weighted by Gasteiger charge is -2.37. The molecule has 0 saturated carbocycles. The van der Waals surface area contributed by atoms with Gasteiger partial charge in [0, 0.05) is 32.1 Å². The number of sulfonamides is 1. The van der Waals surface area contributed by atoms with Gasteiger partial charge in [0.25, 0.3) is 0 Å². The third kappa shape index (κ3) is 4.06. The van der Waals surface area contributed by atoms with Gasteiger partial charge in [-0.05, 0) is 42.7 Å². The Morgan fingerprint density at radius 3 is 2.52 bits per heavy atom. The van der Waals surface area contributed by atoms with Gasteiger partial charge in [-0.2, -0.15) is 4.31 Å². The highest BCUT2D eigenvalue weighted by atomic mass is 32.2. The number of fused-ring (bicyclic) bond motifs is 1. The normalized spacial score (nSPS) is 21.6. The molecule has 5 nitrogen and oxygen atoms in total. The van der Waals surface area contributed by atoms with E-state index in [-0.39, 0.29) is 11.9 Å². The predicted molar refractivity (Wildman–Crippen MR) is 98.9 cm³/mol. The van der Waals surface area contributed by atoms with Crippen molar-refractivity contribution in [3.8, 4) is 0 Å². The Morgan fingerprint density at radius 1 is 1.20 bits per heavy atom. The summed E-state index contributed by atoms with van der Waals surface area (Å²) in [4.78, 5) is 14.6. The quantitative estimate of drug-likeness (QED) is 0.806. The van der Waals surface area contributed by atoms with E-state index in [1.807, 2.05) is 11.8 Å². The number of nitrogens with zero attached hydrogens (tertiary/aromatic N) is 2. The number of hydrogen-bond donors (Lipinski definition) is 0. The Bertz CT molecular complexity index is 724. The molecule has 1 heterocycles. The molecule has 1 saturated heterocycles. The predicted octanol–water partition coefficient (Wildman–Crippen LogP) is 2.38. The third-order valence-electron chi connectivity index (χ3n) is 5.64. The zero-order valence-corrected chi connectivity index (χ0v) is 16.0. The van der Waals surface area contributed by atoms with Gasteiger partial charge in [0.1, 0.15) is 0 Å². The number of amides is 1. The van der Waals surface area contributed by atoms with Gasteiger partial charge in [-0.1, -0.05) is 31.2 Å². The number of benzene rings is 1. The van der Waals surface area contributed by atoms with Crippen LogP contribution in [0.3, 0.4) is 0 Å². The Kier molecular flexibility index (Phi) is 5.49. The minimum absolute atomic E-state index is 0.0243. The van der Waals surface area contributed by atoms with Crippen molar-refractivity contribution in [1.82, 2.24) is 9.21 Å². The first-order valence-corrected chi connectivity index (χ1v) is 11.1. The van der Waals surface area contributed by atoms with Crippen LogP contribution in [0.5, 0.6) is 0 Å². The Labute approximate surface area is 151 Å². The van der Waals surface area contributed by atoms with Crippen molar-refractivity contribution in [2.45, 2.75) is 51.0 Å². The molecule has 1 atom stereocenters. The van der Waals surface area contributed by atoms with Gasteiger partial charge in [-0.25, -0.2) is 8.42 Å². The van der Waals surface area contributed by atoms with Crippen LogP contribution in [0, 0.1) is 0 Å². The second kappa shape index (κ2) is 7.46. The molecule has 1 aromatic rings. The number of carbonyl (C=O) groups is 1. The molecule has 1 unspecified atom stereocenters. The minimum atomic E-state index is -3.17. The van der Waals surface area contributed by atoms with E-state index in [1.54, 1.807) is 4.31 Å². The smallest absolute Gasteiger partial charge is 0.223 e. The van der Waals surface area contributed by atoms with Crippen molar-refractivity contribution in [3.05, 3.63) is 35.4 Å². The van der Waals surface area contributed by atoms with Gasteiger partial charge in [-0.15, -0.1) is 0 Å². The number of piperidine rings is 1. The van der Waals surface area contributed by atoms with Crippen molar-refractivity contribution in [1.29, 1.82) is 0 Å². The van der Waals surface area contributed by atoms with Crippen LogP contribution in [0.15, 0.2) is 24.3 Å². The second-order valence-corrected chi connectivity index (χ2v) is 9.15. The maximum Gasteiger partial charge on any atom is 0.223 e. The van der Waals surface area contributed by atoms with Crippen LogP contribution in [-0.4, -0.2) is 55.5 Å². The lowest BCUT2D eigenvalue weighted by molar-refractivity contribution is -0.132. The number of aryl methyl sites for hydroxylation is 1. The van der Waals surface area contributed by atoms with Crippen LogP contribution >= 0.6 is 0 Å².